The van der Waals surface area contributed by atoms with Gasteiger partial charge in [-0.3, -0.25) is 13.8 Å². The fourth-order valence-corrected chi connectivity index (χ4v) is 2.89. The first-order chi connectivity index (χ1) is 8.33. The van der Waals surface area contributed by atoms with Crippen LogP contribution in [0.4, 0.5) is 0 Å². The summed E-state index contributed by atoms with van der Waals surface area (Å²) < 4.78 is 34.5. The molecule has 0 aliphatic heterocycles. The molecule has 0 aliphatic rings. The largest absolute Gasteiger partial charge is 0.481 e. The van der Waals surface area contributed by atoms with Crippen LogP contribution >= 0.6 is 15.6 Å². The first kappa shape index (κ1) is 18.7. The fourth-order valence-electron chi connectivity index (χ4n) is 0.899. The van der Waals surface area contributed by atoms with E-state index in [4.69, 9.17) is 15.5 Å². The summed E-state index contributed by atoms with van der Waals surface area (Å²) in [6.45, 7) is 2.03. The van der Waals surface area contributed by atoms with Crippen molar-refractivity contribution in [2.75, 3.05) is 13.7 Å². The lowest BCUT2D eigenvalue weighted by atomic mass is 9.87. The van der Waals surface area contributed by atoms with Crippen LogP contribution in [0.15, 0.2) is 0 Å². The number of hydrogen-bond acceptors (Lipinski definition) is 7. The Morgan fingerprint density at radius 3 is 2.16 bits per heavy atom. The lowest BCUT2D eigenvalue weighted by Gasteiger charge is -2.28. The summed E-state index contributed by atoms with van der Waals surface area (Å²) in [5, 5.41) is 9.43. The van der Waals surface area contributed by atoms with E-state index in [9.17, 15) is 19.0 Å². The second-order valence-corrected chi connectivity index (χ2v) is 7.42. The summed E-state index contributed by atoms with van der Waals surface area (Å²) in [4.78, 5) is 28.8. The quantitative estimate of drug-likeness (QED) is 0.440. The van der Waals surface area contributed by atoms with Crippen LogP contribution in [0.1, 0.15) is 13.8 Å². The average Bonchev–Trinajstić information content (AvgIpc) is 2.24. The van der Waals surface area contributed by atoms with Gasteiger partial charge in [0, 0.05) is 12.5 Å². The lowest BCUT2D eigenvalue weighted by Crippen LogP contribution is -2.43. The standard InChI is InChI=1S/C7H17NO9P2/c1-7(2,5(9)6(8)10)4-16-19(13,14)17-18(11,12)15-3/h5,9H,4H2,1-3H3,(H2,8,10)(H,11,12)(H,13,14)/t5-/m0/s1. The summed E-state index contributed by atoms with van der Waals surface area (Å²) in [5.74, 6) is -1.05. The Morgan fingerprint density at radius 2 is 1.79 bits per heavy atom. The van der Waals surface area contributed by atoms with Gasteiger partial charge < -0.3 is 20.6 Å². The van der Waals surface area contributed by atoms with E-state index in [1.165, 1.54) is 13.8 Å². The number of carbonyl (C=O) groups is 1. The van der Waals surface area contributed by atoms with E-state index in [1.807, 2.05) is 0 Å². The van der Waals surface area contributed by atoms with Crippen LogP contribution in [0.5, 0.6) is 0 Å². The number of phosphoric ester groups is 2. The highest BCUT2D eigenvalue weighted by molar-refractivity contribution is 7.61. The Hall–Kier alpha value is -0.310. The summed E-state index contributed by atoms with van der Waals surface area (Å²) in [6, 6.07) is 0. The van der Waals surface area contributed by atoms with Gasteiger partial charge in [-0.05, 0) is 0 Å². The minimum atomic E-state index is -4.90. The highest BCUT2D eigenvalue weighted by Gasteiger charge is 2.39. The Kier molecular flexibility index (Phi) is 6.32. The van der Waals surface area contributed by atoms with Crippen LogP contribution in [-0.4, -0.2) is 40.6 Å². The number of primary amides is 1. The molecule has 2 unspecified atom stereocenters. The van der Waals surface area contributed by atoms with E-state index >= 15 is 0 Å². The number of amides is 1. The van der Waals surface area contributed by atoms with Crippen molar-refractivity contribution < 1.29 is 42.2 Å². The van der Waals surface area contributed by atoms with Crippen molar-refractivity contribution in [3.05, 3.63) is 0 Å². The molecule has 114 valence electrons. The van der Waals surface area contributed by atoms with Gasteiger partial charge >= 0.3 is 15.6 Å². The summed E-state index contributed by atoms with van der Waals surface area (Å²) in [7, 11) is -8.82. The molecule has 0 spiro atoms. The summed E-state index contributed by atoms with van der Waals surface area (Å²) in [6.07, 6.45) is -1.64. The number of aliphatic hydroxyl groups excluding tert-OH is 1. The van der Waals surface area contributed by atoms with Gasteiger partial charge in [-0.1, -0.05) is 13.8 Å². The second kappa shape index (κ2) is 6.43. The van der Waals surface area contributed by atoms with Gasteiger partial charge in [-0.15, -0.1) is 0 Å². The van der Waals surface area contributed by atoms with Crippen molar-refractivity contribution in [2.24, 2.45) is 11.1 Å². The second-order valence-electron chi connectivity index (χ2n) is 4.27. The predicted octanol–water partition coefficient (Wildman–Crippen LogP) is -0.261. The van der Waals surface area contributed by atoms with Gasteiger partial charge in [0.1, 0.15) is 6.10 Å². The molecule has 10 nitrogen and oxygen atoms in total. The average molecular weight is 321 g/mol. The molecular weight excluding hydrogens is 304 g/mol. The summed E-state index contributed by atoms with van der Waals surface area (Å²) >= 11 is 0. The molecule has 5 N–H and O–H groups in total. The first-order valence-corrected chi connectivity index (χ1v) is 7.87. The molecule has 0 aromatic rings. The molecule has 12 heteroatoms. The molecular formula is C7H17NO9P2. The van der Waals surface area contributed by atoms with E-state index in [0.717, 1.165) is 7.11 Å². The Bertz CT molecular complexity index is 423. The molecule has 0 rings (SSSR count). The van der Waals surface area contributed by atoms with Gasteiger partial charge in [0.25, 0.3) is 0 Å². The molecule has 0 bridgehead atoms. The van der Waals surface area contributed by atoms with Crippen molar-refractivity contribution in [1.29, 1.82) is 0 Å². The zero-order valence-electron chi connectivity index (χ0n) is 10.5. The third kappa shape index (κ3) is 6.60. The third-order valence-corrected chi connectivity index (χ3v) is 4.61. The van der Waals surface area contributed by atoms with E-state index in [0.29, 0.717) is 0 Å². The molecule has 0 heterocycles. The smallest absolute Gasteiger partial charge is 0.383 e. The first-order valence-electron chi connectivity index (χ1n) is 4.87. The SMILES string of the molecule is COP(=O)(O)OP(=O)(O)OCC(C)(C)[C@@H](O)C(N)=O. The Morgan fingerprint density at radius 1 is 1.32 bits per heavy atom. The van der Waals surface area contributed by atoms with Crippen LogP contribution < -0.4 is 5.73 Å². The van der Waals surface area contributed by atoms with E-state index in [-0.39, 0.29) is 0 Å². The fraction of sp³-hybridized carbons (Fsp3) is 0.857. The number of nitrogens with two attached hydrogens (primary N) is 1. The van der Waals surface area contributed by atoms with Crippen LogP contribution in [0.25, 0.3) is 0 Å². The Balaban J connectivity index is 4.67. The number of phosphoric acid groups is 2. The molecule has 0 aromatic carbocycles. The molecule has 3 atom stereocenters. The van der Waals surface area contributed by atoms with Gasteiger partial charge in [-0.2, -0.15) is 4.31 Å². The topological polar surface area (TPSA) is 166 Å². The monoisotopic (exact) mass is 321 g/mol. The van der Waals surface area contributed by atoms with Crippen molar-refractivity contribution >= 4 is 21.6 Å². The van der Waals surface area contributed by atoms with Gasteiger partial charge in [0.05, 0.1) is 6.61 Å². The normalized spacial score (nSPS) is 20.3. The van der Waals surface area contributed by atoms with Gasteiger partial charge in [-0.25, -0.2) is 9.13 Å². The molecule has 0 aromatic heterocycles. The van der Waals surface area contributed by atoms with Crippen molar-refractivity contribution in [2.45, 2.75) is 20.0 Å². The highest BCUT2D eigenvalue weighted by atomic mass is 31.3. The van der Waals surface area contributed by atoms with E-state index in [1.54, 1.807) is 0 Å². The highest BCUT2D eigenvalue weighted by Crippen LogP contribution is 2.60. The summed E-state index contributed by atoms with van der Waals surface area (Å²) in [5.41, 5.74) is 3.57. The Labute approximate surface area is 109 Å². The molecule has 0 fully saturated rings. The lowest BCUT2D eigenvalue weighted by molar-refractivity contribution is -0.133. The number of hydrogen-bond donors (Lipinski definition) is 4. The van der Waals surface area contributed by atoms with Crippen molar-refractivity contribution in [1.82, 2.24) is 0 Å². The predicted molar refractivity (Wildman–Crippen MR) is 62.7 cm³/mol. The van der Waals surface area contributed by atoms with Crippen LogP contribution in [0.2, 0.25) is 0 Å². The zero-order chi connectivity index (χ0) is 15.5. The molecule has 0 saturated heterocycles. The zero-order valence-corrected chi connectivity index (χ0v) is 12.3. The van der Waals surface area contributed by atoms with Crippen LogP contribution in [-0.2, 0) is 27.3 Å². The van der Waals surface area contributed by atoms with Crippen LogP contribution in [0.3, 0.4) is 0 Å². The molecule has 0 radical (unpaired) electrons. The maximum Gasteiger partial charge on any atom is 0.481 e. The third-order valence-electron chi connectivity index (χ3n) is 2.05. The maximum absolute atomic E-state index is 11.3. The minimum Gasteiger partial charge on any atom is -0.383 e. The van der Waals surface area contributed by atoms with Gasteiger partial charge in [0.15, 0.2) is 0 Å². The molecule has 1 amide bonds. The van der Waals surface area contributed by atoms with Crippen molar-refractivity contribution in [3.8, 4) is 0 Å². The number of aliphatic hydroxyl groups is 1. The van der Waals surface area contributed by atoms with Crippen LogP contribution in [0, 0.1) is 5.41 Å². The van der Waals surface area contributed by atoms with Crippen molar-refractivity contribution in [3.63, 3.8) is 0 Å². The van der Waals surface area contributed by atoms with E-state index in [2.05, 4.69) is 13.4 Å². The van der Waals surface area contributed by atoms with E-state index < -0.39 is 39.7 Å². The maximum atomic E-state index is 11.3. The molecule has 0 aliphatic carbocycles. The molecule has 0 saturated carbocycles. The minimum absolute atomic E-state index is 0.630. The number of rotatable bonds is 8. The van der Waals surface area contributed by atoms with Gasteiger partial charge in [0.2, 0.25) is 5.91 Å². The number of carbonyl (C=O) groups excluding carboxylic acids is 1. The molecule has 19 heavy (non-hydrogen) atoms.